The van der Waals surface area contributed by atoms with Crippen LogP contribution in [0.25, 0.3) is 0 Å². The predicted octanol–water partition coefficient (Wildman–Crippen LogP) is 2.46. The average molecular weight is 433 g/mol. The molecular weight excluding hydrogens is 405 g/mol. The van der Waals surface area contributed by atoms with E-state index in [1.165, 1.54) is 0 Å². The van der Waals surface area contributed by atoms with E-state index in [-0.39, 0.29) is 30.1 Å². The normalized spacial score (nSPS) is 19.0. The van der Waals surface area contributed by atoms with E-state index in [0.29, 0.717) is 19.5 Å². The number of rotatable bonds is 7. The molecule has 1 aromatic carbocycles. The predicted molar refractivity (Wildman–Crippen MR) is 104 cm³/mol. The fraction of sp³-hybridized carbons (Fsp3) is 0.588. The van der Waals surface area contributed by atoms with Crippen molar-refractivity contribution in [3.05, 3.63) is 35.9 Å². The maximum atomic E-state index is 10.1. The van der Waals surface area contributed by atoms with Gasteiger partial charge in [0.1, 0.15) is 0 Å². The van der Waals surface area contributed by atoms with Crippen LogP contribution in [0.15, 0.2) is 35.3 Å². The summed E-state index contributed by atoms with van der Waals surface area (Å²) in [5, 5.41) is 16.6. The molecule has 5 nitrogen and oxygen atoms in total. The molecule has 1 aliphatic heterocycles. The van der Waals surface area contributed by atoms with Gasteiger partial charge in [0, 0.05) is 19.7 Å². The molecule has 1 saturated heterocycles. The van der Waals surface area contributed by atoms with E-state index >= 15 is 0 Å². The number of benzene rings is 1. The smallest absolute Gasteiger partial charge is 0.191 e. The minimum Gasteiger partial charge on any atom is -0.388 e. The molecule has 6 heteroatoms. The van der Waals surface area contributed by atoms with E-state index in [9.17, 15) is 5.11 Å². The maximum Gasteiger partial charge on any atom is 0.191 e. The van der Waals surface area contributed by atoms with E-state index in [1.807, 2.05) is 37.3 Å². The number of guanidine groups is 1. The summed E-state index contributed by atoms with van der Waals surface area (Å²) in [4.78, 5) is 4.55. The molecule has 23 heavy (non-hydrogen) atoms. The highest BCUT2D eigenvalue weighted by atomic mass is 127. The Balaban J connectivity index is 0.00000264. The second-order valence-corrected chi connectivity index (χ2v) is 5.50. The van der Waals surface area contributed by atoms with Crippen LogP contribution >= 0.6 is 24.0 Å². The molecule has 2 unspecified atom stereocenters. The van der Waals surface area contributed by atoms with Gasteiger partial charge >= 0.3 is 0 Å². The van der Waals surface area contributed by atoms with Crippen molar-refractivity contribution >= 4 is 29.9 Å². The van der Waals surface area contributed by atoms with Gasteiger partial charge in [0.15, 0.2) is 5.96 Å². The van der Waals surface area contributed by atoms with Crippen LogP contribution in [-0.2, 0) is 4.74 Å². The summed E-state index contributed by atoms with van der Waals surface area (Å²) in [5.74, 6) is 0.790. The third kappa shape index (κ3) is 7.50. The standard InChI is InChI=1S/C17H27N3O2.HI/c1-2-18-17(20-13-15-9-6-12-22-15)19-11-10-16(21)14-7-4-3-5-8-14;/h3-5,7-8,15-16,21H,2,6,9-13H2,1H3,(H2,18,19,20);1H. The lowest BCUT2D eigenvalue weighted by atomic mass is 10.1. The molecule has 0 saturated carbocycles. The molecule has 2 rings (SSSR count). The van der Waals surface area contributed by atoms with Gasteiger partial charge in [0.2, 0.25) is 0 Å². The van der Waals surface area contributed by atoms with Crippen LogP contribution in [0.2, 0.25) is 0 Å². The number of halogens is 1. The molecule has 130 valence electrons. The van der Waals surface area contributed by atoms with E-state index in [4.69, 9.17) is 4.74 Å². The molecule has 3 N–H and O–H groups in total. The second kappa shape index (κ2) is 11.6. The van der Waals surface area contributed by atoms with Crippen LogP contribution in [0.4, 0.5) is 0 Å². The summed E-state index contributed by atoms with van der Waals surface area (Å²) in [6.07, 6.45) is 2.68. The van der Waals surface area contributed by atoms with Crippen molar-refractivity contribution in [3.63, 3.8) is 0 Å². The van der Waals surface area contributed by atoms with Crippen molar-refractivity contribution in [1.82, 2.24) is 10.6 Å². The van der Waals surface area contributed by atoms with Crippen molar-refractivity contribution in [1.29, 1.82) is 0 Å². The van der Waals surface area contributed by atoms with Crippen molar-refractivity contribution in [3.8, 4) is 0 Å². The van der Waals surface area contributed by atoms with Gasteiger partial charge in [-0.05, 0) is 31.7 Å². The van der Waals surface area contributed by atoms with Crippen LogP contribution in [0.1, 0.15) is 37.9 Å². The molecular formula is C17H28IN3O2. The van der Waals surface area contributed by atoms with E-state index in [1.54, 1.807) is 0 Å². The summed E-state index contributed by atoms with van der Waals surface area (Å²) in [7, 11) is 0. The molecule has 0 radical (unpaired) electrons. The SMILES string of the molecule is CCNC(=NCC1CCCO1)NCCC(O)c1ccccc1.I. The highest BCUT2D eigenvalue weighted by Crippen LogP contribution is 2.15. The lowest BCUT2D eigenvalue weighted by Crippen LogP contribution is -2.38. The zero-order valence-corrected chi connectivity index (χ0v) is 16.0. The van der Waals surface area contributed by atoms with Gasteiger partial charge in [-0.25, -0.2) is 0 Å². The van der Waals surface area contributed by atoms with Crippen LogP contribution in [-0.4, -0.2) is 43.4 Å². The first-order valence-electron chi connectivity index (χ1n) is 8.16. The zero-order valence-electron chi connectivity index (χ0n) is 13.7. The van der Waals surface area contributed by atoms with Gasteiger partial charge in [0.25, 0.3) is 0 Å². The highest BCUT2D eigenvalue weighted by molar-refractivity contribution is 14.0. The Labute approximate surface area is 155 Å². The van der Waals surface area contributed by atoms with E-state index < -0.39 is 6.10 Å². The van der Waals surface area contributed by atoms with Gasteiger partial charge < -0.3 is 20.5 Å². The Morgan fingerprint density at radius 2 is 2.13 bits per heavy atom. The number of nitrogens with zero attached hydrogens (tertiary/aromatic N) is 1. The van der Waals surface area contributed by atoms with Crippen molar-refractivity contribution in [2.24, 2.45) is 4.99 Å². The van der Waals surface area contributed by atoms with Gasteiger partial charge in [-0.2, -0.15) is 0 Å². The number of hydrogen-bond acceptors (Lipinski definition) is 3. The molecule has 1 aromatic rings. The molecule has 1 fully saturated rings. The quantitative estimate of drug-likeness (QED) is 0.351. The molecule has 1 heterocycles. The van der Waals surface area contributed by atoms with Crippen LogP contribution in [0.3, 0.4) is 0 Å². The second-order valence-electron chi connectivity index (χ2n) is 5.50. The third-order valence-electron chi connectivity index (χ3n) is 3.72. The summed E-state index contributed by atoms with van der Waals surface area (Å²) in [6.45, 7) is 5.08. The van der Waals surface area contributed by atoms with Gasteiger partial charge in [-0.1, -0.05) is 30.3 Å². The monoisotopic (exact) mass is 433 g/mol. The first kappa shape index (κ1) is 20.2. The van der Waals surface area contributed by atoms with Gasteiger partial charge in [-0.3, -0.25) is 4.99 Å². The first-order chi connectivity index (χ1) is 10.8. The van der Waals surface area contributed by atoms with Crippen LogP contribution in [0, 0.1) is 0 Å². The Hall–Kier alpha value is -0.860. The zero-order chi connectivity index (χ0) is 15.6. The Morgan fingerprint density at radius 1 is 1.35 bits per heavy atom. The minimum absolute atomic E-state index is 0. The molecule has 0 bridgehead atoms. The number of ether oxygens (including phenoxy) is 1. The van der Waals surface area contributed by atoms with Crippen molar-refractivity contribution in [2.45, 2.75) is 38.4 Å². The summed E-state index contributed by atoms with van der Waals surface area (Å²) in [6, 6.07) is 9.73. The number of hydrogen-bond donors (Lipinski definition) is 3. The highest BCUT2D eigenvalue weighted by Gasteiger charge is 2.15. The van der Waals surface area contributed by atoms with Crippen LogP contribution in [0.5, 0.6) is 0 Å². The number of nitrogens with one attached hydrogen (secondary N) is 2. The molecule has 0 aromatic heterocycles. The summed E-state index contributed by atoms with van der Waals surface area (Å²) >= 11 is 0. The minimum atomic E-state index is -0.449. The molecule has 0 amide bonds. The van der Waals surface area contributed by atoms with Gasteiger partial charge in [-0.15, -0.1) is 24.0 Å². The molecule has 2 atom stereocenters. The third-order valence-corrected chi connectivity index (χ3v) is 3.72. The van der Waals surface area contributed by atoms with Crippen molar-refractivity contribution < 1.29 is 9.84 Å². The average Bonchev–Trinajstić information content (AvgIpc) is 3.06. The van der Waals surface area contributed by atoms with E-state index in [2.05, 4.69) is 15.6 Å². The number of aliphatic imine (C=N–C) groups is 1. The van der Waals surface area contributed by atoms with E-state index in [0.717, 1.165) is 37.5 Å². The largest absolute Gasteiger partial charge is 0.388 e. The first-order valence-corrected chi connectivity index (χ1v) is 8.16. The molecule has 1 aliphatic rings. The lowest BCUT2D eigenvalue weighted by Gasteiger charge is -2.15. The Morgan fingerprint density at radius 3 is 2.78 bits per heavy atom. The summed E-state index contributed by atoms with van der Waals surface area (Å²) in [5.41, 5.74) is 0.950. The van der Waals surface area contributed by atoms with Crippen molar-refractivity contribution in [2.75, 3.05) is 26.2 Å². The number of aliphatic hydroxyl groups is 1. The molecule has 0 aliphatic carbocycles. The number of aliphatic hydroxyl groups excluding tert-OH is 1. The fourth-order valence-electron chi connectivity index (χ4n) is 2.49. The van der Waals surface area contributed by atoms with Crippen LogP contribution < -0.4 is 10.6 Å². The Kier molecular flexibility index (Phi) is 10.2. The molecule has 0 spiro atoms. The lowest BCUT2D eigenvalue weighted by molar-refractivity contribution is 0.117. The summed E-state index contributed by atoms with van der Waals surface area (Å²) < 4.78 is 5.58. The fourth-order valence-corrected chi connectivity index (χ4v) is 2.49. The Bertz CT molecular complexity index is 450. The maximum absolute atomic E-state index is 10.1. The van der Waals surface area contributed by atoms with Gasteiger partial charge in [0.05, 0.1) is 18.8 Å². The topological polar surface area (TPSA) is 65.9 Å².